The first-order valence-corrected chi connectivity index (χ1v) is 8.81. The Morgan fingerprint density at radius 2 is 1.75 bits per heavy atom. The summed E-state index contributed by atoms with van der Waals surface area (Å²) in [7, 11) is 1.97. The number of aromatic nitrogens is 1. The van der Waals surface area contributed by atoms with Crippen LogP contribution in [0.1, 0.15) is 27.7 Å². The maximum Gasteiger partial charge on any atom is 0.279 e. The summed E-state index contributed by atoms with van der Waals surface area (Å²) in [6, 6.07) is 17.8. The van der Waals surface area contributed by atoms with Gasteiger partial charge in [-0.1, -0.05) is 55.0 Å². The molecule has 0 saturated heterocycles. The minimum atomic E-state index is -0.200. The summed E-state index contributed by atoms with van der Waals surface area (Å²) >= 11 is 1.58. The second kappa shape index (κ2) is 6.97. The number of carbonyl (C=O) groups excluding carboxylic acids is 1. The molecule has 0 aliphatic carbocycles. The van der Waals surface area contributed by atoms with Crippen molar-refractivity contribution < 1.29 is 4.79 Å². The number of hydrogen-bond donors (Lipinski definition) is 0. The van der Waals surface area contributed by atoms with E-state index in [1.807, 2.05) is 61.0 Å². The SMILES string of the molecule is CCc1sc(=NC(=O)c2ccc(C)cc2)n(C)c1-c1ccccc1. The lowest BCUT2D eigenvalue weighted by Crippen LogP contribution is -2.14. The lowest BCUT2D eigenvalue weighted by Gasteiger charge is -2.05. The number of amides is 1. The number of benzene rings is 2. The molecule has 3 aromatic rings. The first-order chi connectivity index (χ1) is 11.6. The maximum absolute atomic E-state index is 12.4. The molecule has 0 atom stereocenters. The molecule has 3 nitrogen and oxygen atoms in total. The van der Waals surface area contributed by atoms with Crippen molar-refractivity contribution >= 4 is 17.2 Å². The van der Waals surface area contributed by atoms with Crippen LogP contribution < -0.4 is 4.80 Å². The van der Waals surface area contributed by atoms with Crippen LogP contribution in [-0.4, -0.2) is 10.5 Å². The van der Waals surface area contributed by atoms with Gasteiger partial charge in [-0.2, -0.15) is 4.99 Å². The molecule has 0 unspecified atom stereocenters. The highest BCUT2D eigenvalue weighted by molar-refractivity contribution is 7.09. The Labute approximate surface area is 145 Å². The molecule has 4 heteroatoms. The highest BCUT2D eigenvalue weighted by Gasteiger charge is 2.13. The van der Waals surface area contributed by atoms with Crippen molar-refractivity contribution in [3.05, 3.63) is 75.4 Å². The van der Waals surface area contributed by atoms with Crippen LogP contribution in [0.4, 0.5) is 0 Å². The molecule has 24 heavy (non-hydrogen) atoms. The van der Waals surface area contributed by atoms with E-state index in [-0.39, 0.29) is 5.91 Å². The van der Waals surface area contributed by atoms with Gasteiger partial charge in [-0.15, -0.1) is 11.3 Å². The molecule has 0 bridgehead atoms. The molecule has 3 rings (SSSR count). The maximum atomic E-state index is 12.4. The topological polar surface area (TPSA) is 34.4 Å². The van der Waals surface area contributed by atoms with Crippen LogP contribution in [0, 0.1) is 6.92 Å². The molecule has 0 aliphatic heterocycles. The monoisotopic (exact) mass is 336 g/mol. The fourth-order valence-corrected chi connectivity index (χ4v) is 3.72. The Hall–Kier alpha value is -2.46. The van der Waals surface area contributed by atoms with Crippen LogP contribution in [-0.2, 0) is 13.5 Å². The number of thiazole rings is 1. The molecule has 0 aliphatic rings. The normalized spacial score (nSPS) is 11.7. The van der Waals surface area contributed by atoms with Crippen molar-refractivity contribution in [2.24, 2.45) is 12.0 Å². The summed E-state index contributed by atoms with van der Waals surface area (Å²) in [5, 5.41) is 0. The Morgan fingerprint density at radius 1 is 1.08 bits per heavy atom. The van der Waals surface area contributed by atoms with Crippen LogP contribution in [0.2, 0.25) is 0 Å². The summed E-state index contributed by atoms with van der Waals surface area (Å²) in [5.74, 6) is -0.200. The van der Waals surface area contributed by atoms with Gasteiger partial charge in [-0.05, 0) is 31.0 Å². The Morgan fingerprint density at radius 3 is 2.38 bits per heavy atom. The van der Waals surface area contributed by atoms with Gasteiger partial charge < -0.3 is 4.57 Å². The van der Waals surface area contributed by atoms with Crippen LogP contribution in [0.5, 0.6) is 0 Å². The number of aryl methyl sites for hydroxylation is 2. The van der Waals surface area contributed by atoms with E-state index in [9.17, 15) is 4.79 Å². The minimum absolute atomic E-state index is 0.200. The molecule has 0 saturated carbocycles. The van der Waals surface area contributed by atoms with E-state index in [4.69, 9.17) is 0 Å². The van der Waals surface area contributed by atoms with Crippen LogP contribution in [0.3, 0.4) is 0 Å². The molecule has 1 aromatic heterocycles. The number of nitrogens with zero attached hydrogens (tertiary/aromatic N) is 2. The predicted octanol–water partition coefficient (Wildman–Crippen LogP) is 4.37. The molecule has 2 aromatic carbocycles. The molecule has 0 spiro atoms. The highest BCUT2D eigenvalue weighted by atomic mass is 32.1. The molecule has 122 valence electrons. The summed E-state index contributed by atoms with van der Waals surface area (Å²) < 4.78 is 2.02. The van der Waals surface area contributed by atoms with Gasteiger partial charge in [0.05, 0.1) is 5.69 Å². The van der Waals surface area contributed by atoms with Crippen LogP contribution in [0.15, 0.2) is 59.6 Å². The largest absolute Gasteiger partial charge is 0.319 e. The van der Waals surface area contributed by atoms with Crippen molar-refractivity contribution in [1.82, 2.24) is 4.57 Å². The van der Waals surface area contributed by atoms with Crippen LogP contribution in [0.25, 0.3) is 11.3 Å². The second-order valence-electron chi connectivity index (χ2n) is 5.72. The Balaban J connectivity index is 2.07. The van der Waals surface area contributed by atoms with E-state index in [2.05, 4.69) is 24.0 Å². The molecular weight excluding hydrogens is 316 g/mol. The fraction of sp³-hybridized carbons (Fsp3) is 0.200. The van der Waals surface area contributed by atoms with E-state index in [0.29, 0.717) is 5.56 Å². The molecule has 0 N–H and O–H groups in total. The Bertz CT molecular complexity index is 919. The smallest absolute Gasteiger partial charge is 0.279 e. The highest BCUT2D eigenvalue weighted by Crippen LogP contribution is 2.25. The quantitative estimate of drug-likeness (QED) is 0.699. The molecule has 1 heterocycles. The van der Waals surface area contributed by atoms with Gasteiger partial charge in [0.15, 0.2) is 4.80 Å². The summed E-state index contributed by atoms with van der Waals surface area (Å²) in [6.07, 6.45) is 0.914. The van der Waals surface area contributed by atoms with Crippen molar-refractivity contribution in [2.45, 2.75) is 20.3 Å². The first-order valence-electron chi connectivity index (χ1n) is 8.00. The third-order valence-electron chi connectivity index (χ3n) is 3.96. The minimum Gasteiger partial charge on any atom is -0.319 e. The number of hydrogen-bond acceptors (Lipinski definition) is 2. The van der Waals surface area contributed by atoms with Gasteiger partial charge in [0.1, 0.15) is 0 Å². The average Bonchev–Trinajstić information content (AvgIpc) is 2.92. The van der Waals surface area contributed by atoms with E-state index < -0.39 is 0 Å². The zero-order valence-corrected chi connectivity index (χ0v) is 14.9. The number of rotatable bonds is 3. The van der Waals surface area contributed by atoms with E-state index >= 15 is 0 Å². The Kier molecular flexibility index (Phi) is 4.76. The zero-order chi connectivity index (χ0) is 17.1. The van der Waals surface area contributed by atoms with Gasteiger partial charge in [0.25, 0.3) is 5.91 Å². The van der Waals surface area contributed by atoms with E-state index in [1.54, 1.807) is 11.3 Å². The third-order valence-corrected chi connectivity index (χ3v) is 5.24. The predicted molar refractivity (Wildman–Crippen MR) is 99.2 cm³/mol. The number of carbonyl (C=O) groups is 1. The zero-order valence-electron chi connectivity index (χ0n) is 14.1. The van der Waals surface area contributed by atoms with Gasteiger partial charge in [0.2, 0.25) is 0 Å². The van der Waals surface area contributed by atoms with Crippen molar-refractivity contribution in [3.8, 4) is 11.3 Å². The third kappa shape index (κ3) is 3.24. The summed E-state index contributed by atoms with van der Waals surface area (Å²) in [5.41, 5.74) is 4.04. The van der Waals surface area contributed by atoms with Crippen molar-refractivity contribution in [3.63, 3.8) is 0 Å². The van der Waals surface area contributed by atoms with Gasteiger partial charge in [0, 0.05) is 17.5 Å². The average molecular weight is 336 g/mol. The van der Waals surface area contributed by atoms with Crippen LogP contribution >= 0.6 is 11.3 Å². The van der Waals surface area contributed by atoms with Gasteiger partial charge in [-0.3, -0.25) is 4.79 Å². The molecule has 0 radical (unpaired) electrons. The molecular formula is C20H20N2OS. The van der Waals surface area contributed by atoms with E-state index in [0.717, 1.165) is 28.0 Å². The first kappa shape index (κ1) is 16.4. The fourth-order valence-electron chi connectivity index (χ4n) is 2.65. The summed E-state index contributed by atoms with van der Waals surface area (Å²) in [4.78, 5) is 18.8. The lowest BCUT2D eigenvalue weighted by atomic mass is 10.1. The summed E-state index contributed by atoms with van der Waals surface area (Å²) in [6.45, 7) is 4.13. The molecule has 1 amide bonds. The van der Waals surface area contributed by atoms with Gasteiger partial charge >= 0.3 is 0 Å². The standard InChI is InChI=1S/C20H20N2OS/c1-4-17-18(15-8-6-5-7-9-15)22(3)20(24-17)21-19(23)16-12-10-14(2)11-13-16/h5-13H,4H2,1-3H3. The molecule has 0 fully saturated rings. The van der Waals surface area contributed by atoms with Crippen molar-refractivity contribution in [1.29, 1.82) is 0 Å². The lowest BCUT2D eigenvalue weighted by molar-refractivity contribution is 0.0998. The second-order valence-corrected chi connectivity index (χ2v) is 6.78. The van der Waals surface area contributed by atoms with Gasteiger partial charge in [-0.25, -0.2) is 0 Å². The van der Waals surface area contributed by atoms with E-state index in [1.165, 1.54) is 4.88 Å². The van der Waals surface area contributed by atoms with Crippen molar-refractivity contribution in [2.75, 3.05) is 0 Å².